The number of anilines is 2. The molecule has 0 aliphatic rings. The molecule has 0 saturated carbocycles. The fourth-order valence-corrected chi connectivity index (χ4v) is 3.05. The Bertz CT molecular complexity index is 706. The predicted octanol–water partition coefficient (Wildman–Crippen LogP) is 4.41. The van der Waals surface area contributed by atoms with Gasteiger partial charge in [-0.25, -0.2) is 4.98 Å². The molecule has 1 heterocycles. The number of carbonyl (C=O) groups is 1. The summed E-state index contributed by atoms with van der Waals surface area (Å²) in [6.45, 7) is 14.5. The van der Waals surface area contributed by atoms with Gasteiger partial charge in [-0.15, -0.1) is 0 Å². The fourth-order valence-electron chi connectivity index (χ4n) is 3.05. The van der Waals surface area contributed by atoms with Crippen molar-refractivity contribution in [2.45, 2.75) is 47.2 Å². The van der Waals surface area contributed by atoms with Crippen molar-refractivity contribution < 1.29 is 4.79 Å². The topological polar surface area (TPSA) is 48.5 Å². The third kappa shape index (κ3) is 5.79. The molecule has 0 unspecified atom stereocenters. The Hall–Kier alpha value is -2.40. The van der Waals surface area contributed by atoms with E-state index in [9.17, 15) is 4.79 Å². The molecule has 146 valence electrons. The maximum absolute atomic E-state index is 12.5. The summed E-state index contributed by atoms with van der Waals surface area (Å²) in [5.74, 6) is 0.808. The lowest BCUT2D eigenvalue weighted by molar-refractivity contribution is 0.102. The highest BCUT2D eigenvalue weighted by Gasteiger charge is 2.10. The van der Waals surface area contributed by atoms with Gasteiger partial charge in [0.15, 0.2) is 0 Å². The number of pyridine rings is 1. The fraction of sp³-hybridized carbons (Fsp3) is 0.455. The van der Waals surface area contributed by atoms with Gasteiger partial charge in [0, 0.05) is 31.2 Å². The first-order chi connectivity index (χ1) is 13.0. The SMILES string of the molecule is CCN(CC)c1ccc(NC(=O)c2ccc(CN(CC)C(C)C)cc2)cn1. The van der Waals surface area contributed by atoms with Crippen LogP contribution in [-0.4, -0.2) is 41.5 Å². The van der Waals surface area contributed by atoms with Crippen LogP contribution in [0, 0.1) is 0 Å². The summed E-state index contributed by atoms with van der Waals surface area (Å²) in [5, 5.41) is 2.92. The molecule has 0 aliphatic carbocycles. The van der Waals surface area contributed by atoms with Gasteiger partial charge in [0.1, 0.15) is 5.82 Å². The summed E-state index contributed by atoms with van der Waals surface area (Å²) >= 11 is 0. The lowest BCUT2D eigenvalue weighted by atomic mass is 10.1. The molecule has 0 aliphatic heterocycles. The normalized spacial score (nSPS) is 11.1. The lowest BCUT2D eigenvalue weighted by Gasteiger charge is -2.24. The number of hydrogen-bond acceptors (Lipinski definition) is 4. The zero-order chi connectivity index (χ0) is 19.8. The molecule has 1 N–H and O–H groups in total. The average molecular weight is 369 g/mol. The van der Waals surface area contributed by atoms with Gasteiger partial charge in [-0.05, 0) is 64.1 Å². The first-order valence-corrected chi connectivity index (χ1v) is 9.83. The van der Waals surface area contributed by atoms with Gasteiger partial charge in [-0.3, -0.25) is 9.69 Å². The second-order valence-corrected chi connectivity index (χ2v) is 6.89. The minimum absolute atomic E-state index is 0.116. The lowest BCUT2D eigenvalue weighted by Crippen LogP contribution is -2.29. The molecule has 5 heteroatoms. The molecular weight excluding hydrogens is 336 g/mol. The van der Waals surface area contributed by atoms with Crippen molar-refractivity contribution in [1.82, 2.24) is 9.88 Å². The van der Waals surface area contributed by atoms with E-state index in [1.165, 1.54) is 5.56 Å². The Kier molecular flexibility index (Phi) is 7.80. The maximum Gasteiger partial charge on any atom is 0.255 e. The molecule has 0 saturated heterocycles. The third-order valence-corrected chi connectivity index (χ3v) is 4.83. The molecule has 1 amide bonds. The molecule has 2 aromatic rings. The van der Waals surface area contributed by atoms with Crippen LogP contribution in [0.25, 0.3) is 0 Å². The minimum Gasteiger partial charge on any atom is -0.357 e. The molecule has 0 spiro atoms. The largest absolute Gasteiger partial charge is 0.357 e. The monoisotopic (exact) mass is 368 g/mol. The van der Waals surface area contributed by atoms with E-state index in [1.807, 2.05) is 36.4 Å². The van der Waals surface area contributed by atoms with Gasteiger partial charge in [-0.1, -0.05) is 19.1 Å². The second kappa shape index (κ2) is 10.1. The number of rotatable bonds is 9. The number of hydrogen-bond donors (Lipinski definition) is 1. The van der Waals surface area contributed by atoms with Crippen LogP contribution in [0.2, 0.25) is 0 Å². The van der Waals surface area contributed by atoms with Gasteiger partial charge >= 0.3 is 0 Å². The smallest absolute Gasteiger partial charge is 0.255 e. The summed E-state index contributed by atoms with van der Waals surface area (Å²) in [4.78, 5) is 21.5. The first kappa shape index (κ1) is 20.9. The summed E-state index contributed by atoms with van der Waals surface area (Å²) in [5.41, 5.74) is 2.57. The van der Waals surface area contributed by atoms with Gasteiger partial charge in [0.25, 0.3) is 5.91 Å². The van der Waals surface area contributed by atoms with Crippen LogP contribution in [0.15, 0.2) is 42.6 Å². The third-order valence-electron chi connectivity index (χ3n) is 4.83. The van der Waals surface area contributed by atoms with Gasteiger partial charge in [0.05, 0.1) is 11.9 Å². The van der Waals surface area contributed by atoms with Crippen molar-refractivity contribution in [3.8, 4) is 0 Å². The van der Waals surface area contributed by atoms with Crippen LogP contribution in [0.3, 0.4) is 0 Å². The van der Waals surface area contributed by atoms with Crippen LogP contribution in [0.1, 0.15) is 50.5 Å². The van der Waals surface area contributed by atoms with E-state index in [4.69, 9.17) is 0 Å². The number of carbonyl (C=O) groups excluding carboxylic acids is 1. The number of nitrogens with zero attached hydrogens (tertiary/aromatic N) is 3. The van der Waals surface area contributed by atoms with Crippen molar-refractivity contribution in [2.75, 3.05) is 29.9 Å². The first-order valence-electron chi connectivity index (χ1n) is 9.83. The molecule has 0 fully saturated rings. The van der Waals surface area contributed by atoms with E-state index in [0.29, 0.717) is 17.3 Å². The van der Waals surface area contributed by atoms with Crippen molar-refractivity contribution in [2.24, 2.45) is 0 Å². The summed E-state index contributed by atoms with van der Waals surface area (Å²) in [6.07, 6.45) is 1.71. The van der Waals surface area contributed by atoms with Gasteiger partial charge < -0.3 is 10.2 Å². The molecule has 2 rings (SSSR count). The average Bonchev–Trinajstić information content (AvgIpc) is 2.68. The minimum atomic E-state index is -0.116. The highest BCUT2D eigenvalue weighted by atomic mass is 16.1. The Labute approximate surface area is 163 Å². The number of amides is 1. The standard InChI is InChI=1S/C22H32N4O/c1-6-25(7-2)21-14-13-20(15-23-21)24-22(27)19-11-9-18(10-12-19)16-26(8-3)17(4)5/h9-15,17H,6-8,16H2,1-5H3,(H,24,27). The Balaban J connectivity index is 1.99. The molecule has 1 aromatic carbocycles. The van der Waals surface area contributed by atoms with Crippen LogP contribution in [0.4, 0.5) is 11.5 Å². The molecule has 27 heavy (non-hydrogen) atoms. The molecule has 5 nitrogen and oxygen atoms in total. The van der Waals surface area contributed by atoms with Crippen LogP contribution in [-0.2, 0) is 6.54 Å². The number of nitrogens with one attached hydrogen (secondary N) is 1. The Morgan fingerprint density at radius 3 is 2.15 bits per heavy atom. The van der Waals surface area contributed by atoms with Crippen LogP contribution < -0.4 is 10.2 Å². The molecular formula is C22H32N4O. The number of aromatic nitrogens is 1. The van der Waals surface area contributed by atoms with E-state index in [-0.39, 0.29) is 5.91 Å². The molecule has 0 radical (unpaired) electrons. The van der Waals surface area contributed by atoms with E-state index in [2.05, 4.69) is 54.7 Å². The zero-order valence-electron chi connectivity index (χ0n) is 17.2. The van der Waals surface area contributed by atoms with Crippen molar-refractivity contribution in [1.29, 1.82) is 0 Å². The molecule has 0 atom stereocenters. The summed E-state index contributed by atoms with van der Waals surface area (Å²) < 4.78 is 0. The quantitative estimate of drug-likeness (QED) is 0.712. The number of benzene rings is 1. The Morgan fingerprint density at radius 1 is 1.00 bits per heavy atom. The van der Waals surface area contributed by atoms with Crippen molar-refractivity contribution in [3.63, 3.8) is 0 Å². The predicted molar refractivity (Wildman–Crippen MR) is 113 cm³/mol. The second-order valence-electron chi connectivity index (χ2n) is 6.89. The van der Waals surface area contributed by atoms with Crippen molar-refractivity contribution >= 4 is 17.4 Å². The highest BCUT2D eigenvalue weighted by molar-refractivity contribution is 6.04. The van der Waals surface area contributed by atoms with Crippen molar-refractivity contribution in [3.05, 3.63) is 53.7 Å². The summed E-state index contributed by atoms with van der Waals surface area (Å²) in [6, 6.07) is 12.2. The summed E-state index contributed by atoms with van der Waals surface area (Å²) in [7, 11) is 0. The zero-order valence-corrected chi connectivity index (χ0v) is 17.2. The molecule has 1 aromatic heterocycles. The van der Waals surface area contributed by atoms with E-state index in [0.717, 1.165) is 32.0 Å². The van der Waals surface area contributed by atoms with E-state index in [1.54, 1.807) is 6.20 Å². The van der Waals surface area contributed by atoms with E-state index < -0.39 is 0 Å². The van der Waals surface area contributed by atoms with Crippen LogP contribution in [0.5, 0.6) is 0 Å². The molecule has 0 bridgehead atoms. The van der Waals surface area contributed by atoms with Gasteiger partial charge in [-0.2, -0.15) is 0 Å². The van der Waals surface area contributed by atoms with E-state index >= 15 is 0 Å². The van der Waals surface area contributed by atoms with Crippen LogP contribution >= 0.6 is 0 Å². The highest BCUT2D eigenvalue weighted by Crippen LogP contribution is 2.15. The Morgan fingerprint density at radius 2 is 1.67 bits per heavy atom. The maximum atomic E-state index is 12.5. The van der Waals surface area contributed by atoms with Gasteiger partial charge in [0.2, 0.25) is 0 Å².